The average Bonchev–Trinajstić information content (AvgIpc) is 2.68. The molecule has 0 aliphatic carbocycles. The van der Waals surface area contributed by atoms with Crippen molar-refractivity contribution < 1.29 is 4.79 Å². The van der Waals surface area contributed by atoms with Crippen LogP contribution in [0.5, 0.6) is 0 Å². The second kappa shape index (κ2) is 3.66. The minimum atomic E-state index is -0.0510. The molecule has 0 saturated heterocycles. The summed E-state index contributed by atoms with van der Waals surface area (Å²) >= 11 is 0. The van der Waals surface area contributed by atoms with E-state index in [1.165, 1.54) is 11.1 Å². The highest BCUT2D eigenvalue weighted by Crippen LogP contribution is 2.36. The van der Waals surface area contributed by atoms with E-state index >= 15 is 0 Å². The van der Waals surface area contributed by atoms with Gasteiger partial charge in [0.25, 0.3) is 0 Å². The van der Waals surface area contributed by atoms with Crippen LogP contribution in [-0.4, -0.2) is 18.9 Å². The molecule has 0 spiro atoms. The van der Waals surface area contributed by atoms with E-state index < -0.39 is 0 Å². The lowest BCUT2D eigenvalue weighted by Gasteiger charge is -2.11. The molecule has 1 aromatic rings. The summed E-state index contributed by atoms with van der Waals surface area (Å²) in [6, 6.07) is 4.15. The number of rotatable bonds is 2. The quantitative estimate of drug-likeness (QED) is 0.764. The first kappa shape index (κ1) is 10.2. The Hall–Kier alpha value is -1.35. The van der Waals surface area contributed by atoms with Gasteiger partial charge in [-0.1, -0.05) is 12.1 Å². The van der Waals surface area contributed by atoms with Crippen LogP contribution in [0.15, 0.2) is 12.1 Å². The zero-order chi connectivity index (χ0) is 11.0. The van der Waals surface area contributed by atoms with Crippen LogP contribution in [0.4, 0.5) is 5.69 Å². The molecule has 1 atom stereocenters. The molecule has 1 aliphatic heterocycles. The largest absolute Gasteiger partial charge is 0.384 e. The topological polar surface area (TPSA) is 55.1 Å². The van der Waals surface area contributed by atoms with E-state index in [-0.39, 0.29) is 18.2 Å². The van der Waals surface area contributed by atoms with E-state index in [1.807, 2.05) is 6.92 Å². The first-order chi connectivity index (χ1) is 7.15. The van der Waals surface area contributed by atoms with Crippen LogP contribution in [0, 0.1) is 13.8 Å². The first-order valence-corrected chi connectivity index (χ1v) is 5.22. The Morgan fingerprint density at radius 3 is 2.80 bits per heavy atom. The van der Waals surface area contributed by atoms with Gasteiger partial charge in [-0.15, -0.1) is 0 Å². The van der Waals surface area contributed by atoms with E-state index in [1.54, 1.807) is 0 Å². The fraction of sp³-hybridized carbons (Fsp3) is 0.417. The number of anilines is 1. The summed E-state index contributed by atoms with van der Waals surface area (Å²) in [6.07, 6.45) is 0. The predicted molar refractivity (Wildman–Crippen MR) is 61.2 cm³/mol. The molecule has 0 amide bonds. The van der Waals surface area contributed by atoms with E-state index in [4.69, 9.17) is 5.73 Å². The molecular formula is C12H16N2O. The van der Waals surface area contributed by atoms with Crippen LogP contribution >= 0.6 is 0 Å². The highest BCUT2D eigenvalue weighted by molar-refractivity contribution is 5.92. The summed E-state index contributed by atoms with van der Waals surface area (Å²) in [5, 5.41) is 3.30. The second-order valence-electron chi connectivity index (χ2n) is 4.09. The number of benzene rings is 1. The van der Waals surface area contributed by atoms with Crippen LogP contribution in [0.2, 0.25) is 0 Å². The number of Topliss-reactive ketones (excluding diaryl/α,β-unsaturated/α-hetero) is 1. The van der Waals surface area contributed by atoms with Crippen molar-refractivity contribution >= 4 is 11.5 Å². The molecule has 0 radical (unpaired) electrons. The molecule has 3 nitrogen and oxygen atoms in total. The fourth-order valence-electron chi connectivity index (χ4n) is 2.24. The Labute approximate surface area is 89.7 Å². The zero-order valence-corrected chi connectivity index (χ0v) is 9.13. The first-order valence-electron chi connectivity index (χ1n) is 5.22. The molecular weight excluding hydrogens is 188 g/mol. The molecule has 1 aliphatic rings. The molecule has 3 heteroatoms. The Morgan fingerprint density at radius 2 is 2.13 bits per heavy atom. The molecule has 0 aromatic heterocycles. The highest BCUT2D eigenvalue weighted by atomic mass is 16.1. The lowest BCUT2D eigenvalue weighted by molar-refractivity contribution is -0.118. The van der Waals surface area contributed by atoms with Gasteiger partial charge in [0.05, 0.1) is 12.5 Å². The monoisotopic (exact) mass is 204 g/mol. The van der Waals surface area contributed by atoms with Crippen LogP contribution in [-0.2, 0) is 4.79 Å². The Bertz CT molecular complexity index is 412. The average molecular weight is 204 g/mol. The maximum atomic E-state index is 11.7. The minimum Gasteiger partial charge on any atom is -0.384 e. The summed E-state index contributed by atoms with van der Waals surface area (Å²) in [6.45, 7) is 4.92. The zero-order valence-electron chi connectivity index (χ0n) is 9.13. The van der Waals surface area contributed by atoms with Gasteiger partial charge in [0.1, 0.15) is 0 Å². The van der Waals surface area contributed by atoms with Gasteiger partial charge in [-0.05, 0) is 30.5 Å². The number of nitrogens with one attached hydrogen (secondary N) is 1. The molecule has 1 heterocycles. The normalized spacial score (nSPS) is 18.5. The molecule has 0 bridgehead atoms. The molecule has 80 valence electrons. The maximum absolute atomic E-state index is 11.7. The fourth-order valence-corrected chi connectivity index (χ4v) is 2.24. The summed E-state index contributed by atoms with van der Waals surface area (Å²) in [5.41, 5.74) is 10.1. The highest BCUT2D eigenvalue weighted by Gasteiger charge is 2.29. The van der Waals surface area contributed by atoms with Gasteiger partial charge in [-0.25, -0.2) is 0 Å². The third-order valence-corrected chi connectivity index (χ3v) is 3.09. The number of carbonyl (C=O) groups is 1. The second-order valence-corrected chi connectivity index (χ2v) is 4.09. The van der Waals surface area contributed by atoms with Crippen molar-refractivity contribution in [3.8, 4) is 0 Å². The smallest absolute Gasteiger partial charge is 0.155 e. The van der Waals surface area contributed by atoms with Crippen LogP contribution in [0.3, 0.4) is 0 Å². The van der Waals surface area contributed by atoms with Gasteiger partial charge in [0.2, 0.25) is 0 Å². The number of ketones is 1. The Morgan fingerprint density at radius 1 is 1.47 bits per heavy atom. The van der Waals surface area contributed by atoms with Crippen molar-refractivity contribution in [1.82, 2.24) is 0 Å². The molecule has 0 saturated carbocycles. The SMILES string of the molecule is Cc1ccc(C)c2c1NCC2C(=O)CN. The molecule has 3 N–H and O–H groups in total. The predicted octanol–water partition coefficient (Wildman–Crippen LogP) is 1.34. The molecule has 15 heavy (non-hydrogen) atoms. The van der Waals surface area contributed by atoms with Crippen molar-refractivity contribution in [1.29, 1.82) is 0 Å². The summed E-state index contributed by atoms with van der Waals surface area (Å²) < 4.78 is 0. The van der Waals surface area contributed by atoms with Gasteiger partial charge < -0.3 is 11.1 Å². The van der Waals surface area contributed by atoms with E-state index in [2.05, 4.69) is 24.4 Å². The molecule has 1 unspecified atom stereocenters. The van der Waals surface area contributed by atoms with Crippen molar-refractivity contribution in [2.45, 2.75) is 19.8 Å². The standard InChI is InChI=1S/C12H16N2O/c1-7-3-4-8(2)12-11(7)9(6-14-12)10(15)5-13/h3-4,9,14H,5-6,13H2,1-2H3. The van der Waals surface area contributed by atoms with Crippen molar-refractivity contribution in [3.63, 3.8) is 0 Å². The van der Waals surface area contributed by atoms with E-state index in [0.29, 0.717) is 6.54 Å². The number of fused-ring (bicyclic) bond motifs is 1. The van der Waals surface area contributed by atoms with Gasteiger partial charge in [0.15, 0.2) is 5.78 Å². The number of carbonyl (C=O) groups excluding carboxylic acids is 1. The number of hydrogen-bond acceptors (Lipinski definition) is 3. The van der Waals surface area contributed by atoms with Gasteiger partial charge >= 0.3 is 0 Å². The summed E-state index contributed by atoms with van der Waals surface area (Å²) in [5.74, 6) is 0.0693. The van der Waals surface area contributed by atoms with Crippen LogP contribution in [0.1, 0.15) is 22.6 Å². The van der Waals surface area contributed by atoms with Crippen molar-refractivity contribution in [2.24, 2.45) is 5.73 Å². The number of hydrogen-bond donors (Lipinski definition) is 2. The molecule has 2 rings (SSSR count). The maximum Gasteiger partial charge on any atom is 0.155 e. The van der Waals surface area contributed by atoms with E-state index in [0.717, 1.165) is 11.3 Å². The summed E-state index contributed by atoms with van der Waals surface area (Å²) in [7, 11) is 0. The number of nitrogens with two attached hydrogens (primary N) is 1. The van der Waals surface area contributed by atoms with Crippen LogP contribution < -0.4 is 11.1 Å². The number of aryl methyl sites for hydroxylation is 2. The van der Waals surface area contributed by atoms with E-state index in [9.17, 15) is 4.79 Å². The van der Waals surface area contributed by atoms with Gasteiger partial charge in [-0.3, -0.25) is 4.79 Å². The lowest BCUT2D eigenvalue weighted by Crippen LogP contribution is -2.23. The van der Waals surface area contributed by atoms with Crippen molar-refractivity contribution in [3.05, 3.63) is 28.8 Å². The minimum absolute atomic E-state index is 0.0510. The lowest BCUT2D eigenvalue weighted by atomic mass is 9.91. The van der Waals surface area contributed by atoms with Gasteiger partial charge in [-0.2, -0.15) is 0 Å². The molecule has 1 aromatic carbocycles. The Kier molecular flexibility index (Phi) is 2.49. The third kappa shape index (κ3) is 1.53. The third-order valence-electron chi connectivity index (χ3n) is 3.09. The summed E-state index contributed by atoms with van der Waals surface area (Å²) in [4.78, 5) is 11.7. The Balaban J connectivity index is 2.50. The van der Waals surface area contributed by atoms with Crippen molar-refractivity contribution in [2.75, 3.05) is 18.4 Å². The van der Waals surface area contributed by atoms with Gasteiger partial charge in [0, 0.05) is 12.2 Å². The van der Waals surface area contributed by atoms with Crippen LogP contribution in [0.25, 0.3) is 0 Å². The molecule has 0 fully saturated rings.